The maximum Gasteiger partial charge on any atom is 0.302 e. The average Bonchev–Trinajstić information content (AvgIpc) is 3.07. The molecule has 0 spiro atoms. The van der Waals surface area contributed by atoms with E-state index in [0.717, 1.165) is 4.90 Å². The second-order valence-corrected chi connectivity index (χ2v) is 7.66. The number of aliphatic hydroxyl groups is 1. The molecule has 0 bridgehead atoms. The van der Waals surface area contributed by atoms with E-state index in [1.807, 2.05) is 6.92 Å². The van der Waals surface area contributed by atoms with Gasteiger partial charge in [-0.1, -0.05) is 29.3 Å². The summed E-state index contributed by atoms with van der Waals surface area (Å²) in [4.78, 5) is 35.4. The molecule has 4 rings (SSSR count). The molecular weight excluding hydrogens is 453 g/mol. The summed E-state index contributed by atoms with van der Waals surface area (Å²) in [6.07, 6.45) is 2.92. The summed E-state index contributed by atoms with van der Waals surface area (Å²) in [7, 11) is 0. The minimum absolute atomic E-state index is 0.0245. The van der Waals surface area contributed by atoms with Crippen molar-refractivity contribution in [3.8, 4) is 5.75 Å². The molecule has 32 heavy (non-hydrogen) atoms. The predicted octanol–water partition coefficient (Wildman–Crippen LogP) is 4.81. The zero-order valence-corrected chi connectivity index (χ0v) is 18.3. The lowest BCUT2D eigenvalue weighted by Crippen LogP contribution is -2.31. The fourth-order valence-electron chi connectivity index (χ4n) is 3.48. The van der Waals surface area contributed by atoms with Gasteiger partial charge in [0.25, 0.3) is 5.78 Å². The van der Waals surface area contributed by atoms with Crippen molar-refractivity contribution < 1.29 is 19.4 Å². The van der Waals surface area contributed by atoms with E-state index >= 15 is 0 Å². The molecule has 3 aromatic rings. The standard InChI is InChI=1S/C23H17Cl2N3O4/c1-2-32-15-7-4-13(5-8-15)20(29)18-19(14-6-9-16(24)17(25)12-14)28(22(31)21(18)30)23-26-10-3-11-27-23/h3-12,19,29H,2H2,1H3/t19-/m1/s1. The van der Waals surface area contributed by atoms with Gasteiger partial charge in [0.2, 0.25) is 5.95 Å². The highest BCUT2D eigenvalue weighted by molar-refractivity contribution is 6.51. The first-order chi connectivity index (χ1) is 15.4. The lowest BCUT2D eigenvalue weighted by Gasteiger charge is -2.23. The van der Waals surface area contributed by atoms with Crippen molar-refractivity contribution in [2.45, 2.75) is 13.0 Å². The van der Waals surface area contributed by atoms with E-state index in [0.29, 0.717) is 28.5 Å². The van der Waals surface area contributed by atoms with Crippen molar-refractivity contribution in [2.75, 3.05) is 11.5 Å². The fourth-order valence-corrected chi connectivity index (χ4v) is 3.79. The number of hydrogen-bond donors (Lipinski definition) is 1. The quantitative estimate of drug-likeness (QED) is 0.327. The number of Topliss-reactive ketones (excluding diaryl/α,β-unsaturated/α-hetero) is 1. The number of ketones is 1. The van der Waals surface area contributed by atoms with Crippen LogP contribution in [0.3, 0.4) is 0 Å². The smallest absolute Gasteiger partial charge is 0.302 e. The van der Waals surface area contributed by atoms with Crippen LogP contribution < -0.4 is 9.64 Å². The second kappa shape index (κ2) is 8.98. The van der Waals surface area contributed by atoms with Crippen LogP contribution in [-0.4, -0.2) is 33.4 Å². The number of ether oxygens (including phenoxy) is 1. The van der Waals surface area contributed by atoms with Gasteiger partial charge < -0.3 is 9.84 Å². The summed E-state index contributed by atoms with van der Waals surface area (Å²) in [5.74, 6) is -1.42. The van der Waals surface area contributed by atoms with Crippen molar-refractivity contribution in [3.63, 3.8) is 0 Å². The molecule has 0 radical (unpaired) electrons. The molecule has 2 aromatic carbocycles. The molecule has 1 aromatic heterocycles. The molecule has 0 saturated carbocycles. The summed E-state index contributed by atoms with van der Waals surface area (Å²) >= 11 is 12.3. The van der Waals surface area contributed by atoms with E-state index in [-0.39, 0.29) is 22.3 Å². The maximum atomic E-state index is 13.1. The van der Waals surface area contributed by atoms with Crippen molar-refractivity contribution in [2.24, 2.45) is 0 Å². The first-order valence-electron chi connectivity index (χ1n) is 9.68. The van der Waals surface area contributed by atoms with Crippen LogP contribution in [0.25, 0.3) is 5.76 Å². The highest BCUT2D eigenvalue weighted by atomic mass is 35.5. The molecule has 2 heterocycles. The van der Waals surface area contributed by atoms with Gasteiger partial charge in [0.1, 0.15) is 11.5 Å². The third-order valence-electron chi connectivity index (χ3n) is 4.91. The van der Waals surface area contributed by atoms with Gasteiger partial charge in [-0.25, -0.2) is 9.97 Å². The molecule has 7 nitrogen and oxygen atoms in total. The Morgan fingerprint density at radius 1 is 1.06 bits per heavy atom. The summed E-state index contributed by atoms with van der Waals surface area (Å²) in [6.45, 7) is 2.35. The van der Waals surface area contributed by atoms with Crippen molar-refractivity contribution in [1.82, 2.24) is 9.97 Å². The maximum absolute atomic E-state index is 13.1. The topological polar surface area (TPSA) is 92.6 Å². The number of carbonyl (C=O) groups excluding carboxylic acids is 2. The van der Waals surface area contributed by atoms with Crippen LogP contribution in [0.5, 0.6) is 5.75 Å². The van der Waals surface area contributed by atoms with Crippen LogP contribution in [-0.2, 0) is 9.59 Å². The van der Waals surface area contributed by atoms with E-state index in [1.165, 1.54) is 12.4 Å². The number of hydrogen-bond acceptors (Lipinski definition) is 6. The second-order valence-electron chi connectivity index (χ2n) is 6.85. The first-order valence-corrected chi connectivity index (χ1v) is 10.4. The molecule has 1 saturated heterocycles. The Kier molecular flexibility index (Phi) is 6.12. The molecule has 1 aliphatic rings. The minimum atomic E-state index is -1.00. The lowest BCUT2D eigenvalue weighted by molar-refractivity contribution is -0.132. The Labute approximate surface area is 193 Å². The fraction of sp³-hybridized carbons (Fsp3) is 0.130. The van der Waals surface area contributed by atoms with Gasteiger partial charge in [-0.15, -0.1) is 0 Å². The number of anilines is 1. The number of carbonyl (C=O) groups is 2. The highest BCUT2D eigenvalue weighted by Gasteiger charge is 2.48. The van der Waals surface area contributed by atoms with E-state index < -0.39 is 17.7 Å². The van der Waals surface area contributed by atoms with Gasteiger partial charge in [-0.05, 0) is 55.0 Å². The van der Waals surface area contributed by atoms with Gasteiger partial charge in [-0.3, -0.25) is 14.5 Å². The number of aromatic nitrogens is 2. The minimum Gasteiger partial charge on any atom is -0.507 e. The van der Waals surface area contributed by atoms with Crippen LogP contribution in [0.15, 0.2) is 66.5 Å². The Hall–Kier alpha value is -3.42. The summed E-state index contributed by atoms with van der Waals surface area (Å²) < 4.78 is 5.42. The monoisotopic (exact) mass is 469 g/mol. The van der Waals surface area contributed by atoms with E-state index in [4.69, 9.17) is 27.9 Å². The molecule has 1 atom stereocenters. The van der Waals surface area contributed by atoms with Gasteiger partial charge >= 0.3 is 5.91 Å². The normalized spacial score (nSPS) is 17.6. The predicted molar refractivity (Wildman–Crippen MR) is 121 cm³/mol. The van der Waals surface area contributed by atoms with E-state index in [1.54, 1.807) is 48.5 Å². The Balaban J connectivity index is 1.90. The molecule has 1 amide bonds. The van der Waals surface area contributed by atoms with E-state index in [2.05, 4.69) is 9.97 Å². The number of nitrogens with zero attached hydrogens (tertiary/aromatic N) is 3. The Morgan fingerprint density at radius 2 is 1.75 bits per heavy atom. The third kappa shape index (κ3) is 3.92. The number of rotatable bonds is 5. The van der Waals surface area contributed by atoms with Crippen LogP contribution >= 0.6 is 23.2 Å². The number of halogens is 2. The van der Waals surface area contributed by atoms with Crippen molar-refractivity contribution in [1.29, 1.82) is 0 Å². The molecule has 162 valence electrons. The molecule has 9 heteroatoms. The molecule has 1 N–H and O–H groups in total. The van der Waals surface area contributed by atoms with Crippen molar-refractivity contribution >= 4 is 46.6 Å². The third-order valence-corrected chi connectivity index (χ3v) is 5.65. The first kappa shape index (κ1) is 21.8. The zero-order chi connectivity index (χ0) is 22.8. The van der Waals surface area contributed by atoms with Gasteiger partial charge in [0.05, 0.1) is 28.3 Å². The zero-order valence-electron chi connectivity index (χ0n) is 16.8. The van der Waals surface area contributed by atoms with Gasteiger partial charge in [0, 0.05) is 18.0 Å². The van der Waals surface area contributed by atoms with Crippen molar-refractivity contribution in [3.05, 3.63) is 87.7 Å². The van der Waals surface area contributed by atoms with Crippen LogP contribution in [0, 0.1) is 0 Å². The molecule has 0 unspecified atom stereocenters. The van der Waals surface area contributed by atoms with Crippen LogP contribution in [0.4, 0.5) is 5.95 Å². The summed E-state index contributed by atoms with van der Waals surface area (Å²) in [5.41, 5.74) is 0.717. The van der Waals surface area contributed by atoms with E-state index in [9.17, 15) is 14.7 Å². The number of benzene rings is 2. The molecule has 1 aliphatic heterocycles. The number of aliphatic hydroxyl groups excluding tert-OH is 1. The lowest BCUT2D eigenvalue weighted by atomic mass is 9.95. The number of amides is 1. The van der Waals surface area contributed by atoms with Crippen LogP contribution in [0.1, 0.15) is 24.1 Å². The summed E-state index contributed by atoms with van der Waals surface area (Å²) in [5, 5.41) is 11.6. The molecule has 0 aliphatic carbocycles. The molecule has 1 fully saturated rings. The molecular formula is C23H17Cl2N3O4. The Morgan fingerprint density at radius 3 is 2.38 bits per heavy atom. The van der Waals surface area contributed by atoms with Crippen LogP contribution in [0.2, 0.25) is 10.0 Å². The van der Waals surface area contributed by atoms with Gasteiger partial charge in [-0.2, -0.15) is 0 Å². The average molecular weight is 470 g/mol. The Bertz CT molecular complexity index is 1210. The highest BCUT2D eigenvalue weighted by Crippen LogP contribution is 2.42. The summed E-state index contributed by atoms with van der Waals surface area (Å²) in [6, 6.07) is 11.9. The SMILES string of the molecule is CCOc1ccc(C(O)=C2C(=O)C(=O)N(c3ncccn3)[C@@H]2c2ccc(Cl)c(Cl)c2)cc1. The largest absolute Gasteiger partial charge is 0.507 e. The van der Waals surface area contributed by atoms with Gasteiger partial charge in [0.15, 0.2) is 0 Å².